The van der Waals surface area contributed by atoms with Crippen molar-refractivity contribution < 1.29 is 0 Å². The largest absolute Gasteiger partial charge is 0.350 e. The van der Waals surface area contributed by atoms with Gasteiger partial charge in [-0.2, -0.15) is 4.98 Å². The van der Waals surface area contributed by atoms with Crippen LogP contribution in [-0.2, 0) is 0 Å². The van der Waals surface area contributed by atoms with Crippen LogP contribution in [0.2, 0.25) is 0 Å². The number of fused-ring (bicyclic) bond motifs is 1. The lowest BCUT2D eigenvalue weighted by Crippen LogP contribution is -2.33. The van der Waals surface area contributed by atoms with E-state index in [1.807, 2.05) is 6.20 Å². The molecule has 1 aliphatic heterocycles. The summed E-state index contributed by atoms with van der Waals surface area (Å²) >= 11 is 2.34. The van der Waals surface area contributed by atoms with E-state index in [0.717, 1.165) is 23.6 Å². The molecular weight excluding hydrogens is 387 g/mol. The van der Waals surface area contributed by atoms with E-state index in [0.29, 0.717) is 12.0 Å². The minimum atomic E-state index is 0.409. The zero-order valence-electron chi connectivity index (χ0n) is 13.0. The van der Waals surface area contributed by atoms with Crippen LogP contribution in [0.5, 0.6) is 0 Å². The Kier molecular flexibility index (Phi) is 4.33. The van der Waals surface area contributed by atoms with Gasteiger partial charge >= 0.3 is 0 Å². The summed E-state index contributed by atoms with van der Waals surface area (Å²) in [5.41, 5.74) is 3.36. The Morgan fingerprint density at radius 2 is 2.14 bits per heavy atom. The number of rotatable bonds is 3. The highest BCUT2D eigenvalue weighted by Crippen LogP contribution is 2.27. The van der Waals surface area contributed by atoms with Crippen molar-refractivity contribution in [2.45, 2.75) is 26.8 Å². The Bertz CT molecular complexity index is 725. The van der Waals surface area contributed by atoms with Gasteiger partial charge in [-0.1, -0.05) is 18.2 Å². The van der Waals surface area contributed by atoms with Crippen LogP contribution in [0.1, 0.15) is 25.0 Å². The third kappa shape index (κ3) is 3.09. The van der Waals surface area contributed by atoms with Gasteiger partial charge < -0.3 is 10.2 Å². The fourth-order valence-electron chi connectivity index (χ4n) is 2.42. The molecule has 22 heavy (non-hydrogen) atoms. The Hall–Kier alpha value is -1.63. The zero-order valence-corrected chi connectivity index (χ0v) is 15.1. The fraction of sp³-hybridized carbons (Fsp3) is 0.294. The van der Waals surface area contributed by atoms with Crippen LogP contribution < -0.4 is 10.2 Å². The quantitative estimate of drug-likeness (QED) is 0.769. The average Bonchev–Trinajstić information content (AvgIpc) is 2.50. The summed E-state index contributed by atoms with van der Waals surface area (Å²) in [5, 5.41) is 3.30. The Morgan fingerprint density at radius 3 is 2.86 bits per heavy atom. The lowest BCUT2D eigenvalue weighted by molar-refractivity contribution is 0.707. The second-order valence-electron chi connectivity index (χ2n) is 5.71. The van der Waals surface area contributed by atoms with Crippen molar-refractivity contribution in [2.24, 2.45) is 0 Å². The molecule has 2 aromatic rings. The molecule has 0 radical (unpaired) electrons. The number of nitrogens with one attached hydrogen (secondary N) is 1. The molecule has 0 atom stereocenters. The van der Waals surface area contributed by atoms with E-state index in [9.17, 15) is 0 Å². The van der Waals surface area contributed by atoms with E-state index in [1.165, 1.54) is 9.13 Å². The van der Waals surface area contributed by atoms with Crippen LogP contribution in [0.4, 0.5) is 17.5 Å². The molecule has 0 spiro atoms. The summed E-state index contributed by atoms with van der Waals surface area (Å²) in [6, 6.07) is 6.68. The SMILES string of the molecule is Cc1ccc(Nc2ncc3c(n2)N(C(C)C)CC=C3)cc1I. The number of benzene rings is 1. The van der Waals surface area contributed by atoms with Gasteiger partial charge in [-0.15, -0.1) is 0 Å². The lowest BCUT2D eigenvalue weighted by Gasteiger charge is -2.30. The van der Waals surface area contributed by atoms with Crippen molar-refractivity contribution >= 4 is 46.1 Å². The molecule has 0 amide bonds. The number of hydrogen-bond donors (Lipinski definition) is 1. The fourth-order valence-corrected chi connectivity index (χ4v) is 2.94. The molecule has 4 nitrogen and oxygen atoms in total. The predicted octanol–water partition coefficient (Wildman–Crippen LogP) is 4.37. The predicted molar refractivity (Wildman–Crippen MR) is 101 cm³/mol. The third-order valence-corrected chi connectivity index (χ3v) is 4.88. The van der Waals surface area contributed by atoms with Crippen molar-refractivity contribution in [2.75, 3.05) is 16.8 Å². The van der Waals surface area contributed by atoms with Gasteiger partial charge in [0.25, 0.3) is 0 Å². The molecule has 0 saturated heterocycles. The van der Waals surface area contributed by atoms with Crippen LogP contribution in [0.25, 0.3) is 6.08 Å². The minimum absolute atomic E-state index is 0.409. The summed E-state index contributed by atoms with van der Waals surface area (Å²) in [6.07, 6.45) is 6.13. The van der Waals surface area contributed by atoms with Gasteiger partial charge in [0.15, 0.2) is 0 Å². The lowest BCUT2D eigenvalue weighted by atomic mass is 10.1. The molecule has 0 unspecified atom stereocenters. The van der Waals surface area contributed by atoms with Gasteiger partial charge in [0.1, 0.15) is 5.82 Å². The maximum atomic E-state index is 4.71. The summed E-state index contributed by atoms with van der Waals surface area (Å²) in [4.78, 5) is 11.4. The Morgan fingerprint density at radius 1 is 1.32 bits per heavy atom. The van der Waals surface area contributed by atoms with E-state index in [-0.39, 0.29) is 0 Å². The van der Waals surface area contributed by atoms with Gasteiger partial charge in [-0.05, 0) is 61.1 Å². The van der Waals surface area contributed by atoms with E-state index >= 15 is 0 Å². The molecular formula is C17H19IN4. The average molecular weight is 406 g/mol. The molecule has 0 aliphatic carbocycles. The molecule has 1 aliphatic rings. The summed E-state index contributed by atoms with van der Waals surface area (Å²) in [7, 11) is 0. The van der Waals surface area contributed by atoms with Crippen LogP contribution in [0.3, 0.4) is 0 Å². The molecule has 1 N–H and O–H groups in total. The zero-order chi connectivity index (χ0) is 15.7. The summed E-state index contributed by atoms with van der Waals surface area (Å²) < 4.78 is 1.23. The summed E-state index contributed by atoms with van der Waals surface area (Å²) in [6.45, 7) is 7.36. The molecule has 1 aromatic carbocycles. The molecule has 5 heteroatoms. The highest BCUT2D eigenvalue weighted by Gasteiger charge is 2.18. The van der Waals surface area contributed by atoms with E-state index in [1.54, 1.807) is 0 Å². The number of nitrogens with zero attached hydrogens (tertiary/aromatic N) is 3. The van der Waals surface area contributed by atoms with Gasteiger partial charge in [0.05, 0.1) is 0 Å². The van der Waals surface area contributed by atoms with Gasteiger partial charge in [-0.3, -0.25) is 0 Å². The molecule has 1 aromatic heterocycles. The number of aryl methyl sites for hydroxylation is 1. The number of aromatic nitrogens is 2. The van der Waals surface area contributed by atoms with Crippen molar-refractivity contribution in [1.82, 2.24) is 9.97 Å². The molecule has 2 heterocycles. The number of halogens is 1. The van der Waals surface area contributed by atoms with Crippen LogP contribution in [0.15, 0.2) is 30.5 Å². The van der Waals surface area contributed by atoms with E-state index < -0.39 is 0 Å². The van der Waals surface area contributed by atoms with Crippen LogP contribution >= 0.6 is 22.6 Å². The Balaban J connectivity index is 1.91. The first-order valence-corrected chi connectivity index (χ1v) is 8.46. The van der Waals surface area contributed by atoms with Crippen molar-refractivity contribution in [1.29, 1.82) is 0 Å². The van der Waals surface area contributed by atoms with Crippen molar-refractivity contribution in [3.8, 4) is 0 Å². The number of anilines is 3. The Labute approximate surface area is 144 Å². The maximum absolute atomic E-state index is 4.71. The highest BCUT2D eigenvalue weighted by atomic mass is 127. The topological polar surface area (TPSA) is 41.1 Å². The monoisotopic (exact) mass is 406 g/mol. The highest BCUT2D eigenvalue weighted by molar-refractivity contribution is 14.1. The smallest absolute Gasteiger partial charge is 0.229 e. The standard InChI is InChI=1S/C17H19IN4/c1-11(2)22-8-4-5-13-10-19-17(21-16(13)22)20-14-7-6-12(3)15(18)9-14/h4-7,9-11H,8H2,1-3H3,(H,19,20,21). The first-order valence-electron chi connectivity index (χ1n) is 7.38. The molecule has 114 valence electrons. The summed E-state index contributed by atoms with van der Waals surface area (Å²) in [5.74, 6) is 1.64. The molecule has 0 bridgehead atoms. The minimum Gasteiger partial charge on any atom is -0.350 e. The first kappa shape index (κ1) is 15.3. The second-order valence-corrected chi connectivity index (χ2v) is 6.87. The van der Waals surface area contributed by atoms with Gasteiger partial charge in [0.2, 0.25) is 5.95 Å². The number of hydrogen-bond acceptors (Lipinski definition) is 4. The second kappa shape index (κ2) is 6.24. The van der Waals surface area contributed by atoms with Crippen LogP contribution in [-0.4, -0.2) is 22.6 Å². The van der Waals surface area contributed by atoms with Gasteiger partial charge in [0, 0.05) is 33.6 Å². The molecule has 3 rings (SSSR count). The third-order valence-electron chi connectivity index (χ3n) is 3.72. The molecule has 0 fully saturated rings. The van der Waals surface area contributed by atoms with E-state index in [4.69, 9.17) is 4.98 Å². The maximum Gasteiger partial charge on any atom is 0.229 e. The first-order chi connectivity index (χ1) is 10.5. The van der Waals surface area contributed by atoms with Crippen molar-refractivity contribution in [3.63, 3.8) is 0 Å². The normalized spacial score (nSPS) is 13.4. The van der Waals surface area contributed by atoms with E-state index in [2.05, 4.69) is 88.9 Å². The van der Waals surface area contributed by atoms with Gasteiger partial charge in [-0.25, -0.2) is 4.98 Å². The molecule has 0 saturated carbocycles. The van der Waals surface area contributed by atoms with Crippen LogP contribution in [0, 0.1) is 10.5 Å². The van der Waals surface area contributed by atoms with Crippen molar-refractivity contribution in [3.05, 3.63) is 45.2 Å².